The molecule has 1 aromatic rings. The fourth-order valence-corrected chi connectivity index (χ4v) is 1.04. The van der Waals surface area contributed by atoms with E-state index in [1.54, 1.807) is 39.1 Å². The average molecular weight is 235 g/mol. The lowest BCUT2D eigenvalue weighted by atomic mass is 10.2. The fraction of sp³-hybridized carbons (Fsp3) is 0.385. The fourth-order valence-electron chi connectivity index (χ4n) is 1.04. The van der Waals surface area contributed by atoms with Crippen LogP contribution in [0.4, 0.5) is 4.79 Å². The van der Waals surface area contributed by atoms with E-state index in [2.05, 4.69) is 4.98 Å². The molecule has 17 heavy (non-hydrogen) atoms. The van der Waals surface area contributed by atoms with Gasteiger partial charge in [-0.15, -0.1) is 0 Å². The molecule has 0 saturated carbocycles. The third-order valence-corrected chi connectivity index (χ3v) is 1.66. The highest BCUT2D eigenvalue weighted by Crippen LogP contribution is 2.08. The van der Waals surface area contributed by atoms with Crippen molar-refractivity contribution in [2.45, 2.75) is 26.4 Å². The summed E-state index contributed by atoms with van der Waals surface area (Å²) in [7, 11) is 0. The van der Waals surface area contributed by atoms with Gasteiger partial charge in [0.25, 0.3) is 0 Å². The van der Waals surface area contributed by atoms with Gasteiger partial charge in [0, 0.05) is 6.20 Å². The van der Waals surface area contributed by atoms with Crippen LogP contribution in [-0.2, 0) is 9.47 Å². The third-order valence-electron chi connectivity index (χ3n) is 1.66. The van der Waals surface area contributed by atoms with Gasteiger partial charge in [-0.25, -0.2) is 4.79 Å². The SMILES string of the molecule is CC(C)(C)OC(=O)OC/C=C/c1ccccn1. The molecule has 92 valence electrons. The Morgan fingerprint density at radius 1 is 1.41 bits per heavy atom. The number of rotatable bonds is 3. The maximum Gasteiger partial charge on any atom is 0.509 e. The minimum Gasteiger partial charge on any atom is -0.430 e. The van der Waals surface area contributed by atoms with Gasteiger partial charge in [0.2, 0.25) is 0 Å². The van der Waals surface area contributed by atoms with Gasteiger partial charge >= 0.3 is 6.16 Å². The van der Waals surface area contributed by atoms with Crippen LogP contribution < -0.4 is 0 Å². The van der Waals surface area contributed by atoms with Crippen LogP contribution in [-0.4, -0.2) is 23.3 Å². The first-order chi connectivity index (χ1) is 7.97. The van der Waals surface area contributed by atoms with Gasteiger partial charge in [-0.3, -0.25) is 4.98 Å². The molecule has 0 aliphatic heterocycles. The number of carbonyl (C=O) groups excluding carboxylic acids is 1. The smallest absolute Gasteiger partial charge is 0.430 e. The van der Waals surface area contributed by atoms with Gasteiger partial charge in [-0.05, 0) is 45.1 Å². The number of hydrogen-bond acceptors (Lipinski definition) is 4. The molecular weight excluding hydrogens is 218 g/mol. The third kappa shape index (κ3) is 6.35. The first-order valence-electron chi connectivity index (χ1n) is 5.41. The Morgan fingerprint density at radius 3 is 2.76 bits per heavy atom. The maximum atomic E-state index is 11.2. The maximum absolute atomic E-state index is 11.2. The van der Waals surface area contributed by atoms with E-state index in [4.69, 9.17) is 9.47 Å². The summed E-state index contributed by atoms with van der Waals surface area (Å²) < 4.78 is 9.84. The van der Waals surface area contributed by atoms with Gasteiger partial charge in [-0.1, -0.05) is 6.07 Å². The molecule has 1 heterocycles. The van der Waals surface area contributed by atoms with E-state index in [1.807, 2.05) is 18.2 Å². The van der Waals surface area contributed by atoms with Crippen LogP contribution in [0, 0.1) is 0 Å². The molecule has 4 heteroatoms. The number of carbonyl (C=O) groups is 1. The Labute approximate surface area is 101 Å². The molecular formula is C13H17NO3. The highest BCUT2D eigenvalue weighted by molar-refractivity contribution is 5.60. The zero-order chi connectivity index (χ0) is 12.7. The van der Waals surface area contributed by atoms with Gasteiger partial charge in [-0.2, -0.15) is 0 Å². The quantitative estimate of drug-likeness (QED) is 0.755. The Balaban J connectivity index is 2.29. The number of nitrogens with zero attached hydrogens (tertiary/aromatic N) is 1. The van der Waals surface area contributed by atoms with Crippen molar-refractivity contribution < 1.29 is 14.3 Å². The van der Waals surface area contributed by atoms with Gasteiger partial charge in [0.05, 0.1) is 5.69 Å². The zero-order valence-corrected chi connectivity index (χ0v) is 10.3. The van der Waals surface area contributed by atoms with Crippen molar-refractivity contribution in [1.29, 1.82) is 0 Å². The van der Waals surface area contributed by atoms with E-state index in [-0.39, 0.29) is 6.61 Å². The van der Waals surface area contributed by atoms with E-state index in [0.717, 1.165) is 5.69 Å². The van der Waals surface area contributed by atoms with Crippen molar-refractivity contribution in [2.75, 3.05) is 6.61 Å². The van der Waals surface area contributed by atoms with Crippen LogP contribution in [0.1, 0.15) is 26.5 Å². The van der Waals surface area contributed by atoms with Crippen molar-refractivity contribution in [3.8, 4) is 0 Å². The van der Waals surface area contributed by atoms with Crippen LogP contribution in [0.5, 0.6) is 0 Å². The predicted molar refractivity (Wildman–Crippen MR) is 65.5 cm³/mol. The molecule has 0 bridgehead atoms. The molecule has 0 spiro atoms. The van der Waals surface area contributed by atoms with Crippen LogP contribution in [0.2, 0.25) is 0 Å². The molecule has 0 aliphatic carbocycles. The Hall–Kier alpha value is -1.84. The summed E-state index contributed by atoms with van der Waals surface area (Å²) in [6, 6.07) is 5.60. The minimum absolute atomic E-state index is 0.172. The predicted octanol–water partition coefficient (Wildman–Crippen LogP) is 3.05. The van der Waals surface area contributed by atoms with E-state index < -0.39 is 11.8 Å². The summed E-state index contributed by atoms with van der Waals surface area (Å²) in [5.41, 5.74) is 0.294. The van der Waals surface area contributed by atoms with Crippen molar-refractivity contribution in [3.63, 3.8) is 0 Å². The molecule has 4 nitrogen and oxygen atoms in total. The lowest BCUT2D eigenvalue weighted by Crippen LogP contribution is -2.24. The number of ether oxygens (including phenoxy) is 2. The van der Waals surface area contributed by atoms with Crippen LogP contribution in [0.3, 0.4) is 0 Å². The first-order valence-corrected chi connectivity index (χ1v) is 5.41. The lowest BCUT2D eigenvalue weighted by Gasteiger charge is -2.18. The molecule has 0 radical (unpaired) electrons. The molecule has 0 aromatic carbocycles. The van der Waals surface area contributed by atoms with Crippen LogP contribution in [0.15, 0.2) is 30.5 Å². The van der Waals surface area contributed by atoms with Crippen molar-refractivity contribution in [3.05, 3.63) is 36.2 Å². The molecule has 0 unspecified atom stereocenters. The molecule has 0 amide bonds. The molecule has 0 N–H and O–H groups in total. The topological polar surface area (TPSA) is 48.4 Å². The van der Waals surface area contributed by atoms with E-state index >= 15 is 0 Å². The Bertz CT molecular complexity index is 379. The minimum atomic E-state index is -0.664. The van der Waals surface area contributed by atoms with Crippen molar-refractivity contribution in [1.82, 2.24) is 4.98 Å². The molecule has 0 fully saturated rings. The molecule has 0 atom stereocenters. The van der Waals surface area contributed by atoms with Gasteiger partial charge < -0.3 is 9.47 Å². The summed E-state index contributed by atoms with van der Waals surface area (Å²) in [6.07, 6.45) is 4.54. The second-order valence-electron chi connectivity index (χ2n) is 4.43. The van der Waals surface area contributed by atoms with Gasteiger partial charge in [0.1, 0.15) is 12.2 Å². The molecule has 0 saturated heterocycles. The Morgan fingerprint density at radius 2 is 2.18 bits per heavy atom. The first kappa shape index (κ1) is 13.2. The molecule has 0 aliphatic rings. The highest BCUT2D eigenvalue weighted by atomic mass is 16.7. The monoisotopic (exact) mass is 235 g/mol. The van der Waals surface area contributed by atoms with Crippen molar-refractivity contribution >= 4 is 12.2 Å². The zero-order valence-electron chi connectivity index (χ0n) is 10.3. The van der Waals surface area contributed by atoms with Gasteiger partial charge in [0.15, 0.2) is 0 Å². The van der Waals surface area contributed by atoms with E-state index in [1.165, 1.54) is 0 Å². The lowest BCUT2D eigenvalue weighted by molar-refractivity contribution is -0.00234. The van der Waals surface area contributed by atoms with E-state index in [9.17, 15) is 4.79 Å². The van der Waals surface area contributed by atoms with Crippen molar-refractivity contribution in [2.24, 2.45) is 0 Å². The van der Waals surface area contributed by atoms with Crippen LogP contribution in [0.25, 0.3) is 6.08 Å². The normalized spacial score (nSPS) is 11.5. The number of pyridine rings is 1. The summed E-state index contributed by atoms with van der Waals surface area (Å²) in [6.45, 7) is 5.54. The Kier molecular flexibility index (Phi) is 4.69. The molecule has 1 aromatic heterocycles. The summed E-state index contributed by atoms with van der Waals surface area (Å²) in [5.74, 6) is 0. The summed E-state index contributed by atoms with van der Waals surface area (Å²) in [4.78, 5) is 15.3. The second-order valence-corrected chi connectivity index (χ2v) is 4.43. The number of hydrogen-bond donors (Lipinski definition) is 0. The average Bonchev–Trinajstić information content (AvgIpc) is 2.23. The van der Waals surface area contributed by atoms with E-state index in [0.29, 0.717) is 0 Å². The second kappa shape index (κ2) is 6.03. The van der Waals surface area contributed by atoms with Crippen LogP contribution >= 0.6 is 0 Å². The standard InChI is InChI=1S/C13H17NO3/c1-13(2,3)17-12(15)16-10-6-8-11-7-4-5-9-14-11/h4-9H,10H2,1-3H3/b8-6+. The molecule has 1 rings (SSSR count). The summed E-state index contributed by atoms with van der Waals surface area (Å²) >= 11 is 0. The highest BCUT2D eigenvalue weighted by Gasteiger charge is 2.16. The summed E-state index contributed by atoms with van der Waals surface area (Å²) in [5, 5.41) is 0. The largest absolute Gasteiger partial charge is 0.509 e. The number of aromatic nitrogens is 1.